The molecule has 2 nitrogen and oxygen atoms in total. The van der Waals surface area contributed by atoms with Crippen LogP contribution in [0.5, 0.6) is 0 Å². The molecule has 1 saturated heterocycles. The molecular weight excluding hydrogens is 220 g/mol. The summed E-state index contributed by atoms with van der Waals surface area (Å²) in [6.07, 6.45) is 11.9. The molecule has 0 spiro atoms. The normalized spacial score (nSPS) is 18.7. The van der Waals surface area contributed by atoms with Crippen LogP contribution in [0.15, 0.2) is 36.5 Å². The van der Waals surface area contributed by atoms with Gasteiger partial charge in [0, 0.05) is 13.1 Å². The van der Waals surface area contributed by atoms with Crippen molar-refractivity contribution in [3.8, 4) is 0 Å². The standard InChI is InChI=1S/C16H28N2/c1-4-5-6-7-15(2)10-13-18(3)14-16-8-11-17-12-9-16/h4-7,16-17H,1,8-14H2,2-3H3/b6-5-,15-7+. The summed E-state index contributed by atoms with van der Waals surface area (Å²) in [5.41, 5.74) is 1.44. The van der Waals surface area contributed by atoms with Crippen molar-refractivity contribution < 1.29 is 0 Å². The summed E-state index contributed by atoms with van der Waals surface area (Å²) in [4.78, 5) is 2.48. The van der Waals surface area contributed by atoms with Crippen molar-refractivity contribution in [2.45, 2.75) is 26.2 Å². The number of rotatable bonds is 7. The Labute approximate surface area is 112 Å². The van der Waals surface area contributed by atoms with Crippen LogP contribution in [0.4, 0.5) is 0 Å². The number of hydrogen-bond donors (Lipinski definition) is 1. The van der Waals surface area contributed by atoms with E-state index in [-0.39, 0.29) is 0 Å². The lowest BCUT2D eigenvalue weighted by molar-refractivity contribution is 0.242. The fourth-order valence-corrected chi connectivity index (χ4v) is 2.35. The zero-order valence-corrected chi connectivity index (χ0v) is 12.0. The maximum Gasteiger partial charge on any atom is 0.00156 e. The van der Waals surface area contributed by atoms with Crippen molar-refractivity contribution in [2.75, 3.05) is 33.2 Å². The van der Waals surface area contributed by atoms with E-state index in [1.165, 1.54) is 38.0 Å². The molecule has 1 N–H and O–H groups in total. The van der Waals surface area contributed by atoms with E-state index < -0.39 is 0 Å². The minimum atomic E-state index is 0.890. The van der Waals surface area contributed by atoms with E-state index in [9.17, 15) is 0 Å². The molecule has 1 aliphatic rings. The molecule has 1 fully saturated rings. The maximum atomic E-state index is 3.67. The van der Waals surface area contributed by atoms with Crippen LogP contribution >= 0.6 is 0 Å². The van der Waals surface area contributed by atoms with Gasteiger partial charge in [-0.25, -0.2) is 0 Å². The summed E-state index contributed by atoms with van der Waals surface area (Å²) in [5.74, 6) is 0.890. The lowest BCUT2D eigenvalue weighted by atomic mass is 9.97. The highest BCUT2D eigenvalue weighted by atomic mass is 15.1. The Morgan fingerprint density at radius 3 is 2.72 bits per heavy atom. The Kier molecular flexibility index (Phi) is 7.70. The largest absolute Gasteiger partial charge is 0.317 e. The Morgan fingerprint density at radius 2 is 2.06 bits per heavy atom. The Bertz CT molecular complexity index is 285. The van der Waals surface area contributed by atoms with E-state index in [2.05, 4.69) is 42.9 Å². The second-order valence-electron chi connectivity index (χ2n) is 5.34. The van der Waals surface area contributed by atoms with E-state index in [4.69, 9.17) is 0 Å². The third-order valence-corrected chi connectivity index (χ3v) is 3.54. The van der Waals surface area contributed by atoms with E-state index in [1.807, 2.05) is 12.2 Å². The van der Waals surface area contributed by atoms with E-state index in [0.717, 1.165) is 18.9 Å². The van der Waals surface area contributed by atoms with Crippen LogP contribution in [-0.2, 0) is 0 Å². The molecule has 0 amide bonds. The fourth-order valence-electron chi connectivity index (χ4n) is 2.35. The smallest absolute Gasteiger partial charge is 0.00156 e. The molecule has 0 unspecified atom stereocenters. The summed E-state index contributed by atoms with van der Waals surface area (Å²) in [5, 5.41) is 3.42. The molecule has 0 aromatic heterocycles. The molecule has 0 aromatic rings. The second-order valence-corrected chi connectivity index (χ2v) is 5.34. The van der Waals surface area contributed by atoms with Gasteiger partial charge in [-0.3, -0.25) is 0 Å². The number of hydrogen-bond acceptors (Lipinski definition) is 2. The molecule has 18 heavy (non-hydrogen) atoms. The number of nitrogens with one attached hydrogen (secondary N) is 1. The van der Waals surface area contributed by atoms with Crippen LogP contribution < -0.4 is 5.32 Å². The van der Waals surface area contributed by atoms with Gasteiger partial charge >= 0.3 is 0 Å². The lowest BCUT2D eigenvalue weighted by Gasteiger charge is -2.27. The van der Waals surface area contributed by atoms with Crippen LogP contribution in [0, 0.1) is 5.92 Å². The zero-order chi connectivity index (χ0) is 13.2. The van der Waals surface area contributed by atoms with Crippen LogP contribution in [0.25, 0.3) is 0 Å². The fraction of sp³-hybridized carbons (Fsp3) is 0.625. The molecule has 0 radical (unpaired) electrons. The maximum absolute atomic E-state index is 3.67. The van der Waals surface area contributed by atoms with Crippen molar-refractivity contribution in [1.29, 1.82) is 0 Å². The molecule has 0 bridgehead atoms. The van der Waals surface area contributed by atoms with Gasteiger partial charge in [0.05, 0.1) is 0 Å². The predicted molar refractivity (Wildman–Crippen MR) is 80.8 cm³/mol. The Hall–Kier alpha value is -0.860. The third-order valence-electron chi connectivity index (χ3n) is 3.54. The van der Waals surface area contributed by atoms with Crippen LogP contribution in [0.1, 0.15) is 26.2 Å². The highest BCUT2D eigenvalue weighted by Gasteiger charge is 2.14. The van der Waals surface area contributed by atoms with Crippen molar-refractivity contribution >= 4 is 0 Å². The number of allylic oxidation sites excluding steroid dienone is 4. The Balaban J connectivity index is 2.19. The quantitative estimate of drug-likeness (QED) is 0.697. The van der Waals surface area contributed by atoms with Gasteiger partial charge in [0.25, 0.3) is 0 Å². The van der Waals surface area contributed by atoms with Crippen molar-refractivity contribution in [3.63, 3.8) is 0 Å². The van der Waals surface area contributed by atoms with Gasteiger partial charge in [0.2, 0.25) is 0 Å². The summed E-state index contributed by atoms with van der Waals surface area (Å²) < 4.78 is 0. The molecule has 0 atom stereocenters. The molecular formula is C16H28N2. The topological polar surface area (TPSA) is 15.3 Å². The number of piperidine rings is 1. The molecule has 2 heteroatoms. The lowest BCUT2D eigenvalue weighted by Crippen LogP contribution is -2.34. The molecule has 1 rings (SSSR count). The monoisotopic (exact) mass is 248 g/mol. The highest BCUT2D eigenvalue weighted by molar-refractivity contribution is 5.14. The van der Waals surface area contributed by atoms with Gasteiger partial charge in [-0.1, -0.05) is 36.5 Å². The van der Waals surface area contributed by atoms with E-state index >= 15 is 0 Å². The van der Waals surface area contributed by atoms with Gasteiger partial charge in [-0.2, -0.15) is 0 Å². The Morgan fingerprint density at radius 1 is 1.33 bits per heavy atom. The molecule has 0 saturated carbocycles. The van der Waals surface area contributed by atoms with E-state index in [1.54, 1.807) is 0 Å². The average molecular weight is 248 g/mol. The predicted octanol–water partition coefficient (Wildman–Crippen LogP) is 3.00. The third kappa shape index (κ3) is 6.77. The van der Waals surface area contributed by atoms with Crippen molar-refractivity contribution in [2.24, 2.45) is 5.92 Å². The van der Waals surface area contributed by atoms with Crippen molar-refractivity contribution in [1.82, 2.24) is 10.2 Å². The average Bonchev–Trinajstić information content (AvgIpc) is 2.38. The van der Waals surface area contributed by atoms with Crippen LogP contribution in [-0.4, -0.2) is 38.1 Å². The molecule has 1 heterocycles. The van der Waals surface area contributed by atoms with Gasteiger partial charge in [0.15, 0.2) is 0 Å². The van der Waals surface area contributed by atoms with Gasteiger partial charge in [-0.15, -0.1) is 0 Å². The molecule has 0 aliphatic carbocycles. The van der Waals surface area contributed by atoms with Crippen molar-refractivity contribution in [3.05, 3.63) is 36.5 Å². The summed E-state index contributed by atoms with van der Waals surface area (Å²) in [6, 6.07) is 0. The van der Waals surface area contributed by atoms with Gasteiger partial charge in [-0.05, 0) is 52.2 Å². The first-order valence-corrected chi connectivity index (χ1v) is 7.06. The van der Waals surface area contributed by atoms with Crippen LogP contribution in [0.2, 0.25) is 0 Å². The molecule has 1 aliphatic heterocycles. The summed E-state index contributed by atoms with van der Waals surface area (Å²) in [6.45, 7) is 10.7. The second kappa shape index (κ2) is 9.12. The number of nitrogens with zero attached hydrogens (tertiary/aromatic N) is 1. The highest BCUT2D eigenvalue weighted by Crippen LogP contribution is 2.13. The first-order chi connectivity index (χ1) is 8.72. The SMILES string of the molecule is C=C/C=C\C=C(/C)CCN(C)CC1CCNCC1. The zero-order valence-electron chi connectivity index (χ0n) is 12.0. The summed E-state index contributed by atoms with van der Waals surface area (Å²) in [7, 11) is 2.24. The first-order valence-electron chi connectivity index (χ1n) is 7.06. The van der Waals surface area contributed by atoms with Gasteiger partial charge in [0.1, 0.15) is 0 Å². The minimum Gasteiger partial charge on any atom is -0.317 e. The van der Waals surface area contributed by atoms with E-state index in [0.29, 0.717) is 0 Å². The van der Waals surface area contributed by atoms with Gasteiger partial charge < -0.3 is 10.2 Å². The minimum absolute atomic E-state index is 0.890. The van der Waals surface area contributed by atoms with Crippen LogP contribution in [0.3, 0.4) is 0 Å². The molecule has 102 valence electrons. The summed E-state index contributed by atoms with van der Waals surface area (Å²) >= 11 is 0. The molecule has 0 aromatic carbocycles. The first kappa shape index (κ1) is 15.2.